The van der Waals surface area contributed by atoms with Gasteiger partial charge in [0.05, 0.1) is 18.6 Å². The Morgan fingerprint density at radius 2 is 1.77 bits per heavy atom. The topological polar surface area (TPSA) is 84.2 Å². The Bertz CT molecular complexity index is 568. The second-order valence-electron chi connectivity index (χ2n) is 7.76. The molecule has 26 heavy (non-hydrogen) atoms. The van der Waals surface area contributed by atoms with E-state index >= 15 is 0 Å². The lowest BCUT2D eigenvalue weighted by Crippen LogP contribution is -2.47. The number of hydrogen-bond acceptors (Lipinski definition) is 3. The molecule has 1 saturated carbocycles. The number of nitrogens with two attached hydrogens (primary N) is 1. The number of nitrogens with one attached hydrogen (secondary N) is 2. The third kappa shape index (κ3) is 6.45. The van der Waals surface area contributed by atoms with Crippen molar-refractivity contribution >= 4 is 11.8 Å². The lowest BCUT2D eigenvalue weighted by Gasteiger charge is -2.27. The van der Waals surface area contributed by atoms with Gasteiger partial charge in [0, 0.05) is 0 Å². The summed E-state index contributed by atoms with van der Waals surface area (Å²) in [4.78, 5) is 24.3. The summed E-state index contributed by atoms with van der Waals surface area (Å²) in [5.74, 6) is 0.248. The average molecular weight is 360 g/mol. The number of carbonyl (C=O) groups is 2. The third-order valence-electron chi connectivity index (χ3n) is 5.28. The van der Waals surface area contributed by atoms with E-state index < -0.39 is 6.04 Å². The number of carbonyl (C=O) groups excluding carboxylic acids is 2. The summed E-state index contributed by atoms with van der Waals surface area (Å²) >= 11 is 0. The van der Waals surface area contributed by atoms with Crippen LogP contribution in [0.4, 0.5) is 0 Å². The van der Waals surface area contributed by atoms with E-state index in [-0.39, 0.29) is 30.3 Å². The van der Waals surface area contributed by atoms with Gasteiger partial charge in [0.1, 0.15) is 0 Å². The molecule has 1 unspecified atom stereocenters. The molecule has 1 aromatic carbocycles. The largest absolute Gasteiger partial charge is 0.348 e. The Hall–Kier alpha value is -1.88. The zero-order chi connectivity index (χ0) is 18.9. The fourth-order valence-corrected chi connectivity index (χ4v) is 3.55. The van der Waals surface area contributed by atoms with Gasteiger partial charge in [0.25, 0.3) is 0 Å². The van der Waals surface area contributed by atoms with Crippen LogP contribution in [0.15, 0.2) is 30.3 Å². The van der Waals surface area contributed by atoms with Crippen molar-refractivity contribution in [3.63, 3.8) is 0 Å². The van der Waals surface area contributed by atoms with Gasteiger partial charge in [-0.05, 0) is 23.8 Å². The first kappa shape index (κ1) is 20.4. The molecule has 1 aliphatic rings. The number of rotatable bonds is 8. The van der Waals surface area contributed by atoms with E-state index in [4.69, 9.17) is 5.73 Å². The van der Waals surface area contributed by atoms with Crippen molar-refractivity contribution in [2.24, 2.45) is 17.6 Å². The van der Waals surface area contributed by atoms with Gasteiger partial charge in [-0.3, -0.25) is 9.59 Å². The summed E-state index contributed by atoms with van der Waals surface area (Å²) < 4.78 is 0. The van der Waals surface area contributed by atoms with Crippen LogP contribution >= 0.6 is 0 Å². The average Bonchev–Trinajstić information content (AvgIpc) is 2.66. The van der Waals surface area contributed by atoms with Crippen LogP contribution in [0.1, 0.15) is 64.0 Å². The van der Waals surface area contributed by atoms with Gasteiger partial charge < -0.3 is 16.4 Å². The summed E-state index contributed by atoms with van der Waals surface area (Å²) in [5, 5.41) is 5.76. The fourth-order valence-electron chi connectivity index (χ4n) is 3.55. The van der Waals surface area contributed by atoms with Crippen LogP contribution in [0.2, 0.25) is 0 Å². The molecule has 2 atom stereocenters. The SMILES string of the molecule is CC(C)[C@H](N)C(=O)NCC(=O)NC(CC1CCCCC1)c1ccccc1. The number of hydrogen-bond donors (Lipinski definition) is 3. The van der Waals surface area contributed by atoms with Crippen molar-refractivity contribution in [1.82, 2.24) is 10.6 Å². The van der Waals surface area contributed by atoms with Gasteiger partial charge in [-0.15, -0.1) is 0 Å². The molecule has 0 saturated heterocycles. The van der Waals surface area contributed by atoms with Crippen molar-refractivity contribution in [1.29, 1.82) is 0 Å². The van der Waals surface area contributed by atoms with Crippen LogP contribution < -0.4 is 16.4 Å². The molecule has 0 aliphatic heterocycles. The minimum Gasteiger partial charge on any atom is -0.348 e. The monoisotopic (exact) mass is 359 g/mol. The van der Waals surface area contributed by atoms with Crippen LogP contribution in [0, 0.1) is 11.8 Å². The molecular weight excluding hydrogens is 326 g/mol. The molecule has 2 rings (SSSR count). The Morgan fingerprint density at radius 3 is 2.38 bits per heavy atom. The van der Waals surface area contributed by atoms with E-state index in [0.717, 1.165) is 12.0 Å². The summed E-state index contributed by atoms with van der Waals surface area (Å²) in [7, 11) is 0. The summed E-state index contributed by atoms with van der Waals surface area (Å²) in [6.07, 6.45) is 7.31. The van der Waals surface area contributed by atoms with Crippen molar-refractivity contribution in [2.75, 3.05) is 6.54 Å². The lowest BCUT2D eigenvalue weighted by atomic mass is 9.83. The Balaban J connectivity index is 1.92. The molecule has 5 heteroatoms. The van der Waals surface area contributed by atoms with Crippen molar-refractivity contribution in [3.05, 3.63) is 35.9 Å². The Kier molecular flexibility index (Phi) is 8.10. The summed E-state index contributed by atoms with van der Waals surface area (Å²) in [6.45, 7) is 3.74. The van der Waals surface area contributed by atoms with E-state index in [1.165, 1.54) is 32.1 Å². The first-order valence-corrected chi connectivity index (χ1v) is 9.85. The highest BCUT2D eigenvalue weighted by Gasteiger charge is 2.23. The van der Waals surface area contributed by atoms with E-state index in [2.05, 4.69) is 22.8 Å². The predicted molar refractivity (Wildman–Crippen MR) is 104 cm³/mol. The molecule has 0 heterocycles. The van der Waals surface area contributed by atoms with E-state index in [1.807, 2.05) is 32.0 Å². The zero-order valence-corrected chi connectivity index (χ0v) is 16.0. The van der Waals surface area contributed by atoms with E-state index in [0.29, 0.717) is 5.92 Å². The van der Waals surface area contributed by atoms with Gasteiger partial charge >= 0.3 is 0 Å². The first-order chi connectivity index (χ1) is 12.5. The van der Waals surface area contributed by atoms with Crippen molar-refractivity contribution in [3.8, 4) is 0 Å². The van der Waals surface area contributed by atoms with Crippen LogP contribution in [-0.2, 0) is 9.59 Å². The fraction of sp³-hybridized carbons (Fsp3) is 0.619. The van der Waals surface area contributed by atoms with Crippen LogP contribution in [0.25, 0.3) is 0 Å². The molecule has 0 aromatic heterocycles. The van der Waals surface area contributed by atoms with E-state index in [9.17, 15) is 9.59 Å². The lowest BCUT2D eigenvalue weighted by molar-refractivity contribution is -0.127. The molecule has 0 radical (unpaired) electrons. The van der Waals surface area contributed by atoms with Crippen molar-refractivity contribution < 1.29 is 9.59 Å². The molecule has 0 bridgehead atoms. The molecule has 1 aliphatic carbocycles. The third-order valence-corrected chi connectivity index (χ3v) is 5.28. The van der Waals surface area contributed by atoms with Crippen LogP contribution in [0.5, 0.6) is 0 Å². The molecule has 0 spiro atoms. The van der Waals surface area contributed by atoms with E-state index in [1.54, 1.807) is 0 Å². The Morgan fingerprint density at radius 1 is 1.12 bits per heavy atom. The first-order valence-electron chi connectivity index (χ1n) is 9.85. The zero-order valence-electron chi connectivity index (χ0n) is 16.0. The highest BCUT2D eigenvalue weighted by atomic mass is 16.2. The standard InChI is InChI=1S/C21H33N3O2/c1-15(2)20(22)21(26)23-14-19(25)24-18(17-11-7-4-8-12-17)13-16-9-5-3-6-10-16/h4,7-8,11-12,15-16,18,20H,3,5-6,9-10,13-14,22H2,1-2H3,(H,23,26)(H,24,25)/t18?,20-/m0/s1. The molecule has 2 amide bonds. The van der Waals surface area contributed by atoms with Crippen LogP contribution in [-0.4, -0.2) is 24.4 Å². The van der Waals surface area contributed by atoms with Gasteiger partial charge in [-0.1, -0.05) is 76.3 Å². The smallest absolute Gasteiger partial charge is 0.239 e. The maximum absolute atomic E-state index is 12.4. The highest BCUT2D eigenvalue weighted by molar-refractivity contribution is 5.87. The maximum atomic E-state index is 12.4. The molecule has 144 valence electrons. The molecule has 5 nitrogen and oxygen atoms in total. The molecule has 4 N–H and O–H groups in total. The van der Waals surface area contributed by atoms with Crippen molar-refractivity contribution in [2.45, 2.75) is 64.5 Å². The summed E-state index contributed by atoms with van der Waals surface area (Å²) in [5.41, 5.74) is 6.94. The van der Waals surface area contributed by atoms with Gasteiger partial charge in [0.2, 0.25) is 11.8 Å². The minimum absolute atomic E-state index is 0.0116. The summed E-state index contributed by atoms with van der Waals surface area (Å²) in [6, 6.07) is 9.49. The Labute approximate surface area is 157 Å². The second kappa shape index (κ2) is 10.3. The molecular formula is C21H33N3O2. The predicted octanol–water partition coefficient (Wildman–Crippen LogP) is 2.91. The number of amides is 2. The molecule has 1 fully saturated rings. The quantitative estimate of drug-likeness (QED) is 0.667. The van der Waals surface area contributed by atoms with Gasteiger partial charge in [-0.2, -0.15) is 0 Å². The van der Waals surface area contributed by atoms with Crippen LogP contribution in [0.3, 0.4) is 0 Å². The normalized spacial score (nSPS) is 17.5. The highest BCUT2D eigenvalue weighted by Crippen LogP contribution is 2.31. The van der Waals surface area contributed by atoms with Gasteiger partial charge in [-0.25, -0.2) is 0 Å². The maximum Gasteiger partial charge on any atom is 0.239 e. The minimum atomic E-state index is -0.588. The second-order valence-corrected chi connectivity index (χ2v) is 7.76. The number of benzene rings is 1. The van der Waals surface area contributed by atoms with Gasteiger partial charge in [0.15, 0.2) is 0 Å². The molecule has 1 aromatic rings.